The lowest BCUT2D eigenvalue weighted by molar-refractivity contribution is -0.143. The highest BCUT2D eigenvalue weighted by atomic mass is 16.5. The van der Waals surface area contributed by atoms with E-state index in [0.717, 1.165) is 51.4 Å². The number of carbonyl (C=O) groups excluding carboxylic acids is 2. The van der Waals surface area contributed by atoms with Crippen molar-refractivity contribution in [1.29, 1.82) is 0 Å². The summed E-state index contributed by atoms with van der Waals surface area (Å²) in [6.45, 7) is 4.80. The molecule has 0 saturated heterocycles. The molecular weight excluding hydrogens is 815 g/mol. The normalized spacial score (nSPS) is 12.8. The summed E-state index contributed by atoms with van der Waals surface area (Å²) in [6, 6.07) is -0.631. The molecule has 0 heterocycles. The fraction of sp³-hybridized carbons (Fsp3) is 0.867. The zero-order valence-corrected chi connectivity index (χ0v) is 44.2. The fourth-order valence-corrected chi connectivity index (χ4v) is 8.94. The first-order valence-electron chi connectivity index (χ1n) is 29.3. The summed E-state index contributed by atoms with van der Waals surface area (Å²) < 4.78 is 5.42. The Kier molecular flexibility index (Phi) is 54.1. The third-order valence-electron chi connectivity index (χ3n) is 13.4. The summed E-state index contributed by atoms with van der Waals surface area (Å²) in [5.74, 6) is -0.106. The minimum atomic E-state index is -0.847. The second-order valence-electron chi connectivity index (χ2n) is 20.0. The van der Waals surface area contributed by atoms with Gasteiger partial charge in [-0.2, -0.15) is 0 Å². The van der Waals surface area contributed by atoms with Crippen molar-refractivity contribution in [2.24, 2.45) is 0 Å². The summed E-state index contributed by atoms with van der Waals surface area (Å²) in [4.78, 5) is 24.5. The number of nitrogens with one attached hydrogen (secondary N) is 1. The minimum absolute atomic E-state index is 0.0326. The summed E-state index contributed by atoms with van der Waals surface area (Å²) in [5, 5.41) is 23.0. The topological polar surface area (TPSA) is 95.9 Å². The van der Waals surface area contributed by atoms with Crippen LogP contribution in [0, 0.1) is 0 Å². The van der Waals surface area contributed by atoms with Crippen molar-refractivity contribution in [3.05, 3.63) is 36.5 Å². The van der Waals surface area contributed by atoms with Crippen LogP contribution in [0.1, 0.15) is 309 Å². The van der Waals surface area contributed by atoms with Gasteiger partial charge in [-0.15, -0.1) is 0 Å². The predicted octanol–water partition coefficient (Wildman–Crippen LogP) is 18.0. The molecule has 0 aromatic heterocycles. The maximum Gasteiger partial charge on any atom is 0.305 e. The SMILES string of the molecule is CCCCCCCCCCCC/C=C/C(O)C(CO)NC(=O)CCCCCCCCCCCCCCCC/C=C\C/C=C\CCOC(=O)CCCCCCCCCCCCCCCCCC. The molecule has 0 aliphatic carbocycles. The second-order valence-corrected chi connectivity index (χ2v) is 20.0. The molecule has 0 aliphatic rings. The Labute approximate surface area is 411 Å². The molecule has 0 radical (unpaired) electrons. The average molecular weight is 929 g/mol. The number of hydrogen-bond acceptors (Lipinski definition) is 5. The van der Waals surface area contributed by atoms with E-state index >= 15 is 0 Å². The van der Waals surface area contributed by atoms with Gasteiger partial charge in [-0.3, -0.25) is 9.59 Å². The Morgan fingerprint density at radius 2 is 0.758 bits per heavy atom. The van der Waals surface area contributed by atoms with Crippen LogP contribution in [0.3, 0.4) is 0 Å². The lowest BCUT2D eigenvalue weighted by Gasteiger charge is -2.20. The molecule has 1 amide bonds. The average Bonchev–Trinajstić information content (AvgIpc) is 3.32. The van der Waals surface area contributed by atoms with E-state index in [1.54, 1.807) is 6.08 Å². The first kappa shape index (κ1) is 64.1. The molecule has 0 aliphatic heterocycles. The zero-order chi connectivity index (χ0) is 47.9. The van der Waals surface area contributed by atoms with Crippen LogP contribution < -0.4 is 5.32 Å². The Balaban J connectivity index is 3.45. The van der Waals surface area contributed by atoms with Gasteiger partial charge in [-0.05, 0) is 51.4 Å². The quantitative estimate of drug-likeness (QED) is 0.0321. The number of hydrogen-bond donors (Lipinski definition) is 3. The van der Waals surface area contributed by atoms with Gasteiger partial charge in [0.2, 0.25) is 5.91 Å². The molecule has 6 nitrogen and oxygen atoms in total. The van der Waals surface area contributed by atoms with Gasteiger partial charge in [-0.25, -0.2) is 0 Å². The van der Waals surface area contributed by atoms with Gasteiger partial charge in [0.1, 0.15) is 0 Å². The van der Waals surface area contributed by atoms with Crippen molar-refractivity contribution < 1.29 is 24.5 Å². The van der Waals surface area contributed by atoms with E-state index in [9.17, 15) is 19.8 Å². The van der Waals surface area contributed by atoms with Crippen molar-refractivity contribution in [2.45, 2.75) is 321 Å². The van der Waals surface area contributed by atoms with E-state index in [1.165, 1.54) is 231 Å². The van der Waals surface area contributed by atoms with Crippen LogP contribution in [-0.4, -0.2) is 47.4 Å². The van der Waals surface area contributed by atoms with E-state index in [-0.39, 0.29) is 18.5 Å². The Hall–Kier alpha value is -1.92. The van der Waals surface area contributed by atoms with Crippen LogP contribution in [0.15, 0.2) is 36.5 Å². The highest BCUT2D eigenvalue weighted by Gasteiger charge is 2.18. The first-order chi connectivity index (χ1) is 32.5. The third kappa shape index (κ3) is 51.5. The van der Waals surface area contributed by atoms with Crippen molar-refractivity contribution in [1.82, 2.24) is 5.32 Å². The number of aliphatic hydroxyl groups excluding tert-OH is 2. The van der Waals surface area contributed by atoms with E-state index in [4.69, 9.17) is 4.74 Å². The van der Waals surface area contributed by atoms with Crippen LogP contribution in [-0.2, 0) is 14.3 Å². The van der Waals surface area contributed by atoms with Crippen LogP contribution in [0.2, 0.25) is 0 Å². The molecule has 388 valence electrons. The molecule has 3 N–H and O–H groups in total. The standard InChI is InChI=1S/C60H113NO5/c1-3-5-7-9-11-13-15-17-18-27-30-34-38-42-46-50-54-60(65)66-55-51-47-43-39-35-31-28-25-23-21-19-20-22-24-26-29-33-37-41-45-49-53-59(64)61-57(56-62)58(63)52-48-44-40-36-32-16-14-12-10-8-6-4-2/h31,35,43,47-48,52,57-58,62-63H,3-30,32-34,36-42,44-46,49-51,53-56H2,1-2H3,(H,61,64)/b35-31-,47-43-,52-48+. The molecule has 0 aromatic carbocycles. The maximum absolute atomic E-state index is 12.4. The van der Waals surface area contributed by atoms with Crippen molar-refractivity contribution in [2.75, 3.05) is 13.2 Å². The van der Waals surface area contributed by atoms with Gasteiger partial charge in [0.05, 0.1) is 25.4 Å². The molecule has 0 bridgehead atoms. The summed E-state index contributed by atoms with van der Waals surface area (Å²) >= 11 is 0. The van der Waals surface area contributed by atoms with Gasteiger partial charge in [0.25, 0.3) is 0 Å². The number of rotatable bonds is 54. The van der Waals surface area contributed by atoms with Crippen LogP contribution in [0.25, 0.3) is 0 Å². The molecule has 0 spiro atoms. The van der Waals surface area contributed by atoms with E-state index in [1.807, 2.05) is 6.08 Å². The molecule has 66 heavy (non-hydrogen) atoms. The van der Waals surface area contributed by atoms with Crippen molar-refractivity contribution >= 4 is 11.9 Å². The van der Waals surface area contributed by atoms with Crippen molar-refractivity contribution in [3.8, 4) is 0 Å². The summed E-state index contributed by atoms with van der Waals surface area (Å²) in [5.41, 5.74) is 0. The number of esters is 1. The summed E-state index contributed by atoms with van der Waals surface area (Å²) in [7, 11) is 0. The van der Waals surface area contributed by atoms with Gasteiger partial charge in [-0.1, -0.05) is 281 Å². The van der Waals surface area contributed by atoms with E-state index in [0.29, 0.717) is 19.4 Å². The largest absolute Gasteiger partial charge is 0.465 e. The smallest absolute Gasteiger partial charge is 0.305 e. The summed E-state index contributed by atoms with van der Waals surface area (Å²) in [6.07, 6.45) is 69.0. The number of allylic oxidation sites excluding steroid dienone is 4. The molecule has 0 rings (SSSR count). The second kappa shape index (κ2) is 55.7. The van der Waals surface area contributed by atoms with E-state index < -0.39 is 12.1 Å². The molecule has 2 atom stereocenters. The van der Waals surface area contributed by atoms with E-state index in [2.05, 4.69) is 43.5 Å². The molecule has 0 fully saturated rings. The van der Waals surface area contributed by atoms with Crippen LogP contribution in [0.5, 0.6) is 0 Å². The van der Waals surface area contributed by atoms with Gasteiger partial charge in [0.15, 0.2) is 0 Å². The van der Waals surface area contributed by atoms with Gasteiger partial charge >= 0.3 is 5.97 Å². The molecule has 6 heteroatoms. The van der Waals surface area contributed by atoms with Crippen LogP contribution >= 0.6 is 0 Å². The van der Waals surface area contributed by atoms with Crippen molar-refractivity contribution in [3.63, 3.8) is 0 Å². The number of amides is 1. The fourth-order valence-electron chi connectivity index (χ4n) is 8.94. The first-order valence-corrected chi connectivity index (χ1v) is 29.3. The number of unbranched alkanes of at least 4 members (excludes halogenated alkanes) is 39. The third-order valence-corrected chi connectivity index (χ3v) is 13.4. The lowest BCUT2D eigenvalue weighted by atomic mass is 10.0. The molecular formula is C60H113NO5. The highest BCUT2D eigenvalue weighted by molar-refractivity contribution is 5.76. The number of ether oxygens (including phenoxy) is 1. The Morgan fingerprint density at radius 3 is 1.15 bits per heavy atom. The molecule has 2 unspecified atom stereocenters. The highest BCUT2D eigenvalue weighted by Crippen LogP contribution is 2.17. The lowest BCUT2D eigenvalue weighted by Crippen LogP contribution is -2.45. The molecule has 0 saturated carbocycles. The van der Waals surface area contributed by atoms with Crippen LogP contribution in [0.4, 0.5) is 0 Å². The zero-order valence-electron chi connectivity index (χ0n) is 44.2. The Bertz CT molecular complexity index is 1070. The maximum atomic E-state index is 12.4. The van der Waals surface area contributed by atoms with Gasteiger partial charge < -0.3 is 20.3 Å². The number of carbonyl (C=O) groups is 2. The molecule has 0 aromatic rings. The number of aliphatic hydroxyl groups is 2. The predicted molar refractivity (Wildman–Crippen MR) is 287 cm³/mol. The minimum Gasteiger partial charge on any atom is -0.465 e. The monoisotopic (exact) mass is 928 g/mol. The Morgan fingerprint density at radius 1 is 0.424 bits per heavy atom. The van der Waals surface area contributed by atoms with Gasteiger partial charge in [0, 0.05) is 12.8 Å².